The second-order valence-corrected chi connectivity index (χ2v) is 6.19. The monoisotopic (exact) mass is 249 g/mol. The third-order valence-corrected chi connectivity index (χ3v) is 3.16. The van der Waals surface area contributed by atoms with Gasteiger partial charge in [-0.2, -0.15) is 0 Å². The summed E-state index contributed by atoms with van der Waals surface area (Å²) in [5.74, 6) is 1.01. The molecule has 0 saturated carbocycles. The highest BCUT2D eigenvalue weighted by molar-refractivity contribution is 5.38. The first-order chi connectivity index (χ1) is 8.32. The van der Waals surface area contributed by atoms with Gasteiger partial charge >= 0.3 is 0 Å². The molecule has 1 N–H and O–H groups in total. The summed E-state index contributed by atoms with van der Waals surface area (Å²) in [6.45, 7) is 14.7. The van der Waals surface area contributed by atoms with E-state index in [1.807, 2.05) is 6.07 Å². The summed E-state index contributed by atoms with van der Waals surface area (Å²) in [5, 5.41) is 3.47. The average Bonchev–Trinajstić information content (AvgIpc) is 2.29. The van der Waals surface area contributed by atoms with Crippen LogP contribution < -0.4 is 10.1 Å². The highest BCUT2D eigenvalue weighted by Gasteiger charge is 2.19. The van der Waals surface area contributed by atoms with Gasteiger partial charge in [-0.3, -0.25) is 0 Å². The Morgan fingerprint density at radius 2 is 1.89 bits per heavy atom. The van der Waals surface area contributed by atoms with E-state index in [0.717, 1.165) is 18.9 Å². The number of benzene rings is 1. The zero-order valence-corrected chi connectivity index (χ0v) is 12.6. The lowest BCUT2D eigenvalue weighted by atomic mass is 9.94. The Labute approximate surface area is 112 Å². The number of hydrogen-bond donors (Lipinski definition) is 1. The molecule has 0 atom stereocenters. The molecular formula is C16H27NO. The molecule has 2 heteroatoms. The molecule has 2 nitrogen and oxygen atoms in total. The van der Waals surface area contributed by atoms with Gasteiger partial charge in [0, 0.05) is 18.0 Å². The maximum atomic E-state index is 5.97. The molecule has 0 unspecified atom stereocenters. The summed E-state index contributed by atoms with van der Waals surface area (Å²) in [6, 6.07) is 6.74. The van der Waals surface area contributed by atoms with Crippen molar-refractivity contribution < 1.29 is 4.74 Å². The summed E-state index contributed by atoms with van der Waals surface area (Å²) in [7, 11) is 0. The normalized spacial score (nSPS) is 11.9. The molecule has 102 valence electrons. The summed E-state index contributed by atoms with van der Waals surface area (Å²) in [4.78, 5) is 0. The van der Waals surface area contributed by atoms with Gasteiger partial charge in [-0.25, -0.2) is 0 Å². The smallest absolute Gasteiger partial charge is 0.122 e. The van der Waals surface area contributed by atoms with Crippen molar-refractivity contribution >= 4 is 0 Å². The molecule has 0 fully saturated rings. The molecule has 0 amide bonds. The Morgan fingerprint density at radius 1 is 1.22 bits per heavy atom. The molecule has 1 aromatic carbocycles. The minimum Gasteiger partial charge on any atom is -0.493 e. The largest absolute Gasteiger partial charge is 0.493 e. The molecule has 0 aliphatic carbocycles. The number of nitrogens with one attached hydrogen (secondary N) is 1. The fourth-order valence-electron chi connectivity index (χ4n) is 1.69. The molecule has 0 heterocycles. The lowest BCUT2D eigenvalue weighted by molar-refractivity contribution is 0.172. The Hall–Kier alpha value is -1.02. The first-order valence-corrected chi connectivity index (χ1v) is 6.74. The van der Waals surface area contributed by atoms with Crippen molar-refractivity contribution in [2.45, 2.75) is 47.6 Å². The SMILES string of the molecule is Cc1cccc(OCC(C)(C)CNC(C)C)c1C. The van der Waals surface area contributed by atoms with Crippen LogP contribution >= 0.6 is 0 Å². The van der Waals surface area contributed by atoms with Gasteiger partial charge in [-0.05, 0) is 31.0 Å². The van der Waals surface area contributed by atoms with E-state index in [0.29, 0.717) is 6.04 Å². The molecule has 0 radical (unpaired) electrons. The van der Waals surface area contributed by atoms with E-state index in [2.05, 4.69) is 59.0 Å². The Morgan fingerprint density at radius 3 is 2.50 bits per heavy atom. The fraction of sp³-hybridized carbons (Fsp3) is 0.625. The van der Waals surface area contributed by atoms with Crippen molar-refractivity contribution in [1.82, 2.24) is 5.32 Å². The Bertz CT molecular complexity index is 383. The van der Waals surface area contributed by atoms with Gasteiger partial charge in [0.05, 0.1) is 6.61 Å². The van der Waals surface area contributed by atoms with E-state index in [4.69, 9.17) is 4.74 Å². The zero-order valence-electron chi connectivity index (χ0n) is 12.6. The van der Waals surface area contributed by atoms with E-state index >= 15 is 0 Å². The van der Waals surface area contributed by atoms with E-state index in [-0.39, 0.29) is 5.41 Å². The summed E-state index contributed by atoms with van der Waals surface area (Å²) >= 11 is 0. The van der Waals surface area contributed by atoms with Gasteiger partial charge in [0.25, 0.3) is 0 Å². The summed E-state index contributed by atoms with van der Waals surface area (Å²) < 4.78 is 5.97. The van der Waals surface area contributed by atoms with Crippen molar-refractivity contribution in [3.8, 4) is 5.75 Å². The van der Waals surface area contributed by atoms with Gasteiger partial charge < -0.3 is 10.1 Å². The number of aryl methyl sites for hydroxylation is 1. The predicted molar refractivity (Wildman–Crippen MR) is 78.3 cm³/mol. The van der Waals surface area contributed by atoms with Gasteiger partial charge in [-0.1, -0.05) is 39.8 Å². The second kappa shape index (κ2) is 6.24. The highest BCUT2D eigenvalue weighted by atomic mass is 16.5. The van der Waals surface area contributed by atoms with Gasteiger partial charge in [-0.15, -0.1) is 0 Å². The van der Waals surface area contributed by atoms with Crippen LogP contribution in [0.25, 0.3) is 0 Å². The first kappa shape index (κ1) is 15.0. The van der Waals surface area contributed by atoms with E-state index in [9.17, 15) is 0 Å². The molecule has 0 aliphatic heterocycles. The predicted octanol–water partition coefficient (Wildman–Crippen LogP) is 3.71. The molecule has 0 saturated heterocycles. The average molecular weight is 249 g/mol. The van der Waals surface area contributed by atoms with Crippen LogP contribution in [0.15, 0.2) is 18.2 Å². The van der Waals surface area contributed by atoms with Crippen LogP contribution in [0.1, 0.15) is 38.8 Å². The molecule has 0 spiro atoms. The van der Waals surface area contributed by atoms with Crippen LogP contribution in [-0.4, -0.2) is 19.2 Å². The minimum atomic E-state index is 0.139. The first-order valence-electron chi connectivity index (χ1n) is 6.74. The minimum absolute atomic E-state index is 0.139. The second-order valence-electron chi connectivity index (χ2n) is 6.19. The van der Waals surface area contributed by atoms with Crippen molar-refractivity contribution in [3.05, 3.63) is 29.3 Å². The van der Waals surface area contributed by atoms with Crippen LogP contribution in [0, 0.1) is 19.3 Å². The lowest BCUT2D eigenvalue weighted by Crippen LogP contribution is -2.37. The van der Waals surface area contributed by atoms with E-state index in [1.165, 1.54) is 11.1 Å². The van der Waals surface area contributed by atoms with E-state index < -0.39 is 0 Å². The molecule has 1 aromatic rings. The van der Waals surface area contributed by atoms with Crippen molar-refractivity contribution in [1.29, 1.82) is 0 Å². The lowest BCUT2D eigenvalue weighted by Gasteiger charge is -2.27. The van der Waals surface area contributed by atoms with Gasteiger partial charge in [0.2, 0.25) is 0 Å². The maximum Gasteiger partial charge on any atom is 0.122 e. The van der Waals surface area contributed by atoms with Crippen LogP contribution in [0.5, 0.6) is 5.75 Å². The van der Waals surface area contributed by atoms with E-state index in [1.54, 1.807) is 0 Å². The Balaban J connectivity index is 2.56. The standard InChI is InChI=1S/C16H27NO/c1-12(2)17-10-16(5,6)11-18-15-9-7-8-13(3)14(15)4/h7-9,12,17H,10-11H2,1-6H3. The van der Waals surface area contributed by atoms with Crippen LogP contribution in [-0.2, 0) is 0 Å². The fourth-order valence-corrected chi connectivity index (χ4v) is 1.69. The highest BCUT2D eigenvalue weighted by Crippen LogP contribution is 2.23. The number of rotatable bonds is 6. The molecule has 18 heavy (non-hydrogen) atoms. The quantitative estimate of drug-likeness (QED) is 0.830. The molecule has 1 rings (SSSR count). The maximum absolute atomic E-state index is 5.97. The summed E-state index contributed by atoms with van der Waals surface area (Å²) in [5.41, 5.74) is 2.66. The van der Waals surface area contributed by atoms with Crippen molar-refractivity contribution in [3.63, 3.8) is 0 Å². The topological polar surface area (TPSA) is 21.3 Å². The van der Waals surface area contributed by atoms with Crippen LogP contribution in [0.3, 0.4) is 0 Å². The van der Waals surface area contributed by atoms with Gasteiger partial charge in [0.15, 0.2) is 0 Å². The van der Waals surface area contributed by atoms with Crippen molar-refractivity contribution in [2.24, 2.45) is 5.41 Å². The summed E-state index contributed by atoms with van der Waals surface area (Å²) in [6.07, 6.45) is 0. The molecule has 0 aromatic heterocycles. The number of ether oxygens (including phenoxy) is 1. The molecule has 0 bridgehead atoms. The van der Waals surface area contributed by atoms with Gasteiger partial charge in [0.1, 0.15) is 5.75 Å². The molecular weight excluding hydrogens is 222 g/mol. The Kier molecular flexibility index (Phi) is 5.21. The third kappa shape index (κ3) is 4.69. The number of hydrogen-bond acceptors (Lipinski definition) is 2. The van der Waals surface area contributed by atoms with Crippen LogP contribution in [0.2, 0.25) is 0 Å². The molecule has 0 aliphatic rings. The third-order valence-electron chi connectivity index (χ3n) is 3.16. The van der Waals surface area contributed by atoms with Crippen molar-refractivity contribution in [2.75, 3.05) is 13.2 Å². The zero-order chi connectivity index (χ0) is 13.8. The van der Waals surface area contributed by atoms with Crippen LogP contribution in [0.4, 0.5) is 0 Å².